The number of benzene rings is 2. The van der Waals surface area contributed by atoms with E-state index in [4.69, 9.17) is 0 Å². The van der Waals surface area contributed by atoms with Gasteiger partial charge >= 0.3 is 0 Å². The molecule has 1 aliphatic carbocycles. The third-order valence-electron chi connectivity index (χ3n) is 5.24. The van der Waals surface area contributed by atoms with E-state index in [0.717, 1.165) is 32.4 Å². The molecule has 0 unspecified atom stereocenters. The molecule has 24 heavy (non-hydrogen) atoms. The minimum absolute atomic E-state index is 0.0298. The smallest absolute Gasteiger partial charge is 0.237 e. The van der Waals surface area contributed by atoms with E-state index in [1.807, 2.05) is 12.1 Å². The number of nitrogens with one attached hydrogen (secondary N) is 1. The van der Waals surface area contributed by atoms with Crippen LogP contribution in [-0.4, -0.2) is 29.4 Å². The monoisotopic (exact) mass is 320 g/mol. The third-order valence-corrected chi connectivity index (χ3v) is 5.24. The minimum Gasteiger partial charge on any atom is -0.351 e. The lowest BCUT2D eigenvalue weighted by Crippen LogP contribution is -2.43. The van der Waals surface area contributed by atoms with Gasteiger partial charge in [-0.05, 0) is 36.9 Å². The lowest BCUT2D eigenvalue weighted by molar-refractivity contribution is -0.125. The van der Waals surface area contributed by atoms with Gasteiger partial charge in [0.15, 0.2) is 0 Å². The van der Waals surface area contributed by atoms with Crippen molar-refractivity contribution < 1.29 is 4.79 Å². The average molecular weight is 320 g/mol. The lowest BCUT2D eigenvalue weighted by Gasteiger charge is -2.23. The molecule has 3 heteroatoms. The molecule has 0 radical (unpaired) electrons. The normalized spacial score (nSPS) is 26.2. The van der Waals surface area contributed by atoms with Gasteiger partial charge in [0.1, 0.15) is 0 Å². The summed E-state index contributed by atoms with van der Waals surface area (Å²) in [7, 11) is 0. The van der Waals surface area contributed by atoms with Crippen LogP contribution in [0.3, 0.4) is 0 Å². The Balaban J connectivity index is 1.34. The highest BCUT2D eigenvalue weighted by Gasteiger charge is 2.41. The number of likely N-dealkylation sites (tertiary alicyclic amines) is 1. The number of rotatable bonds is 5. The highest BCUT2D eigenvalue weighted by atomic mass is 16.2. The number of amides is 1. The van der Waals surface area contributed by atoms with Crippen LogP contribution >= 0.6 is 0 Å². The van der Waals surface area contributed by atoms with Crippen LogP contribution in [-0.2, 0) is 11.3 Å². The van der Waals surface area contributed by atoms with Gasteiger partial charge in [0.2, 0.25) is 5.91 Å². The van der Waals surface area contributed by atoms with Crippen molar-refractivity contribution in [1.82, 2.24) is 10.2 Å². The van der Waals surface area contributed by atoms with Gasteiger partial charge in [0.25, 0.3) is 0 Å². The molecule has 0 aromatic heterocycles. The molecule has 2 fully saturated rings. The van der Waals surface area contributed by atoms with Crippen LogP contribution in [0.2, 0.25) is 0 Å². The van der Waals surface area contributed by atoms with E-state index in [0.29, 0.717) is 12.0 Å². The molecule has 1 amide bonds. The lowest BCUT2D eigenvalue weighted by atomic mass is 10.1. The van der Waals surface area contributed by atoms with E-state index < -0.39 is 0 Å². The van der Waals surface area contributed by atoms with Crippen molar-refractivity contribution in [3.8, 4) is 0 Å². The Morgan fingerprint density at radius 3 is 2.50 bits per heavy atom. The van der Waals surface area contributed by atoms with E-state index in [9.17, 15) is 4.79 Å². The van der Waals surface area contributed by atoms with Crippen LogP contribution in [0, 0.1) is 0 Å². The molecule has 0 spiro atoms. The zero-order valence-corrected chi connectivity index (χ0v) is 13.9. The molecule has 3 atom stereocenters. The number of hydrogen-bond donors (Lipinski definition) is 1. The fourth-order valence-corrected chi connectivity index (χ4v) is 3.83. The summed E-state index contributed by atoms with van der Waals surface area (Å²) in [4.78, 5) is 15.0. The summed E-state index contributed by atoms with van der Waals surface area (Å²) in [5.74, 6) is 0.714. The third kappa shape index (κ3) is 3.36. The SMILES string of the molecule is O=C(N[C@@H]1C[C@@H]1c1ccccc1)[C@H]1CCCN1Cc1ccccc1. The van der Waals surface area contributed by atoms with Crippen molar-refractivity contribution in [2.75, 3.05) is 6.54 Å². The highest BCUT2D eigenvalue weighted by Crippen LogP contribution is 2.40. The second-order valence-electron chi connectivity index (χ2n) is 6.98. The largest absolute Gasteiger partial charge is 0.351 e. The second-order valence-corrected chi connectivity index (χ2v) is 6.98. The number of nitrogens with zero attached hydrogens (tertiary/aromatic N) is 1. The molecule has 1 heterocycles. The predicted molar refractivity (Wildman–Crippen MR) is 95.6 cm³/mol. The molecule has 1 aliphatic heterocycles. The van der Waals surface area contributed by atoms with Crippen molar-refractivity contribution >= 4 is 5.91 Å². The van der Waals surface area contributed by atoms with Crippen molar-refractivity contribution in [3.63, 3.8) is 0 Å². The maximum Gasteiger partial charge on any atom is 0.237 e. The maximum absolute atomic E-state index is 12.7. The zero-order valence-electron chi connectivity index (χ0n) is 13.9. The van der Waals surface area contributed by atoms with E-state index in [1.165, 1.54) is 11.1 Å². The Kier molecular flexibility index (Phi) is 4.35. The minimum atomic E-state index is 0.0298. The zero-order chi connectivity index (χ0) is 16.4. The Morgan fingerprint density at radius 2 is 1.75 bits per heavy atom. The molecule has 2 aliphatic rings. The van der Waals surface area contributed by atoms with E-state index in [1.54, 1.807) is 0 Å². The molecule has 1 N–H and O–H groups in total. The predicted octanol–water partition coefficient (Wildman–Crippen LogP) is 3.32. The van der Waals surface area contributed by atoms with Gasteiger partial charge in [-0.2, -0.15) is 0 Å². The first-order valence-corrected chi connectivity index (χ1v) is 8.94. The summed E-state index contributed by atoms with van der Waals surface area (Å²) in [6.07, 6.45) is 3.15. The summed E-state index contributed by atoms with van der Waals surface area (Å²) in [5, 5.41) is 3.28. The van der Waals surface area contributed by atoms with Gasteiger partial charge in [0.05, 0.1) is 6.04 Å². The fourth-order valence-electron chi connectivity index (χ4n) is 3.83. The first-order valence-electron chi connectivity index (χ1n) is 8.94. The first kappa shape index (κ1) is 15.4. The van der Waals surface area contributed by atoms with Crippen LogP contribution in [0.4, 0.5) is 0 Å². The molecule has 0 bridgehead atoms. The molecular weight excluding hydrogens is 296 g/mol. The second kappa shape index (κ2) is 6.78. The van der Waals surface area contributed by atoms with Crippen molar-refractivity contribution in [1.29, 1.82) is 0 Å². The van der Waals surface area contributed by atoms with Crippen molar-refractivity contribution in [2.24, 2.45) is 0 Å². The Hall–Kier alpha value is -2.13. The van der Waals surface area contributed by atoms with Gasteiger partial charge in [-0.1, -0.05) is 60.7 Å². The standard InChI is InChI=1S/C21H24N2O/c24-21(22-19-14-18(19)17-10-5-2-6-11-17)20-12-7-13-23(20)15-16-8-3-1-4-9-16/h1-6,8-11,18-20H,7,12-15H2,(H,22,24)/t18-,19-,20-/m1/s1. The number of carbonyl (C=O) groups is 1. The Labute approximate surface area is 143 Å². The van der Waals surface area contributed by atoms with Crippen LogP contribution in [0.1, 0.15) is 36.3 Å². The summed E-state index contributed by atoms with van der Waals surface area (Å²) < 4.78 is 0. The first-order chi connectivity index (χ1) is 11.8. The molecular formula is C21H24N2O. The number of hydrogen-bond acceptors (Lipinski definition) is 2. The molecule has 124 valence electrons. The summed E-state index contributed by atoms with van der Waals surface area (Å²) >= 11 is 0. The summed E-state index contributed by atoms with van der Waals surface area (Å²) in [6.45, 7) is 1.88. The molecule has 2 aromatic rings. The van der Waals surface area contributed by atoms with Crippen molar-refractivity contribution in [3.05, 3.63) is 71.8 Å². The van der Waals surface area contributed by atoms with Crippen molar-refractivity contribution in [2.45, 2.75) is 43.8 Å². The van der Waals surface area contributed by atoms with E-state index >= 15 is 0 Å². The number of carbonyl (C=O) groups excluding carboxylic acids is 1. The topological polar surface area (TPSA) is 32.3 Å². The van der Waals surface area contributed by atoms with Crippen LogP contribution in [0.5, 0.6) is 0 Å². The Bertz CT molecular complexity index is 685. The molecule has 3 nitrogen and oxygen atoms in total. The van der Waals surface area contributed by atoms with Gasteiger partial charge in [-0.3, -0.25) is 9.69 Å². The molecule has 1 saturated heterocycles. The van der Waals surface area contributed by atoms with Crippen LogP contribution in [0.25, 0.3) is 0 Å². The highest BCUT2D eigenvalue weighted by molar-refractivity contribution is 5.82. The molecule has 1 saturated carbocycles. The van der Waals surface area contributed by atoms with Gasteiger partial charge in [0, 0.05) is 18.5 Å². The van der Waals surface area contributed by atoms with E-state index in [2.05, 4.69) is 58.7 Å². The maximum atomic E-state index is 12.7. The van der Waals surface area contributed by atoms with E-state index in [-0.39, 0.29) is 11.9 Å². The van der Waals surface area contributed by atoms with Gasteiger partial charge in [-0.25, -0.2) is 0 Å². The quantitative estimate of drug-likeness (QED) is 0.916. The average Bonchev–Trinajstić information content (AvgIpc) is 3.23. The fraction of sp³-hybridized carbons (Fsp3) is 0.381. The molecule has 2 aromatic carbocycles. The van der Waals surface area contributed by atoms with Gasteiger partial charge < -0.3 is 5.32 Å². The summed E-state index contributed by atoms with van der Waals surface area (Å²) in [6, 6.07) is 21.3. The molecule has 4 rings (SSSR count). The van der Waals surface area contributed by atoms with Crippen LogP contribution < -0.4 is 5.32 Å². The Morgan fingerprint density at radius 1 is 1.04 bits per heavy atom. The van der Waals surface area contributed by atoms with Gasteiger partial charge in [-0.15, -0.1) is 0 Å². The summed E-state index contributed by atoms with van der Waals surface area (Å²) in [5.41, 5.74) is 2.63. The van der Waals surface area contributed by atoms with Crippen LogP contribution in [0.15, 0.2) is 60.7 Å².